The number of carboxylic acids is 1. The van der Waals surface area contributed by atoms with Crippen molar-refractivity contribution in [3.05, 3.63) is 108 Å². The summed E-state index contributed by atoms with van der Waals surface area (Å²) in [6, 6.07) is 14.1. The lowest BCUT2D eigenvalue weighted by Crippen LogP contribution is -2.00. The Labute approximate surface area is 296 Å². The Hall–Kier alpha value is -5.99. The number of nitrogens with zero attached hydrogens (tertiary/aromatic N) is 8. The van der Waals surface area contributed by atoms with E-state index in [-0.39, 0.29) is 23.8 Å². The van der Waals surface area contributed by atoms with Gasteiger partial charge >= 0.3 is 5.97 Å². The van der Waals surface area contributed by atoms with Gasteiger partial charge in [-0.3, -0.25) is 14.2 Å². The first kappa shape index (κ1) is 38.5. The first-order valence-electron chi connectivity index (χ1n) is 15.3. The van der Waals surface area contributed by atoms with Crippen LogP contribution in [0, 0.1) is 13.8 Å². The van der Waals surface area contributed by atoms with Gasteiger partial charge in [0.2, 0.25) is 11.9 Å². The molecule has 0 fully saturated rings. The van der Waals surface area contributed by atoms with Crippen molar-refractivity contribution < 1.29 is 14.7 Å². The van der Waals surface area contributed by atoms with Gasteiger partial charge in [0, 0.05) is 62.0 Å². The van der Waals surface area contributed by atoms with Gasteiger partial charge in [-0.25, -0.2) is 24.7 Å². The largest absolute Gasteiger partial charge is 0.478 e. The van der Waals surface area contributed by atoms with Gasteiger partial charge in [-0.05, 0) is 44.2 Å². The maximum atomic E-state index is 11.7. The maximum Gasteiger partial charge on any atom is 0.335 e. The van der Waals surface area contributed by atoms with Crippen molar-refractivity contribution in [3.63, 3.8) is 0 Å². The number of benzene rings is 2. The number of rotatable bonds is 9. The van der Waals surface area contributed by atoms with Crippen LogP contribution in [0.25, 0.3) is 22.5 Å². The number of ketones is 1. The molecule has 14 nitrogen and oxygen atoms in total. The van der Waals surface area contributed by atoms with Crippen LogP contribution in [-0.2, 0) is 14.1 Å². The number of Topliss-reactive ketones (excluding diaryl/α,β-unsaturated/α-hetero) is 1. The molecule has 50 heavy (non-hydrogen) atoms. The fourth-order valence-electron chi connectivity index (χ4n) is 4.61. The van der Waals surface area contributed by atoms with E-state index in [0.717, 1.165) is 50.6 Å². The van der Waals surface area contributed by atoms with E-state index >= 15 is 0 Å². The number of carbonyl (C=O) groups excluding carboxylic acids is 1. The molecule has 0 aliphatic carbocycles. The molecule has 0 atom stereocenters. The molecule has 4 heterocycles. The zero-order valence-corrected chi connectivity index (χ0v) is 29.4. The predicted molar refractivity (Wildman–Crippen MR) is 196 cm³/mol. The summed E-state index contributed by atoms with van der Waals surface area (Å²) in [6.45, 7) is 5.74. The minimum Gasteiger partial charge on any atom is -0.478 e. The number of carboxylic acid groups (broad SMARTS) is 1. The fourth-order valence-corrected chi connectivity index (χ4v) is 4.61. The van der Waals surface area contributed by atoms with Crippen LogP contribution in [0.15, 0.2) is 85.7 Å². The summed E-state index contributed by atoms with van der Waals surface area (Å²) in [6.07, 6.45) is 11.1. The van der Waals surface area contributed by atoms with E-state index in [1.807, 2.05) is 71.5 Å². The normalized spacial score (nSPS) is 10.1. The van der Waals surface area contributed by atoms with Crippen LogP contribution in [-0.4, -0.2) is 63.4 Å². The SMILES string of the molecule is CCC(=O)c1ccc(-c2nc(Nc3cnn(C)c3)ncc2C)cc1.CN.Cc1cnc(Nc2cnn(C)c2)nc1-c1ccc(C(=O)O)cc1.Cl. The zero-order valence-electron chi connectivity index (χ0n) is 28.6. The molecule has 0 bridgehead atoms. The van der Waals surface area contributed by atoms with Crippen LogP contribution in [0.3, 0.4) is 0 Å². The number of nitrogens with one attached hydrogen (secondary N) is 2. The van der Waals surface area contributed by atoms with Crippen molar-refractivity contribution in [2.75, 3.05) is 17.7 Å². The van der Waals surface area contributed by atoms with Crippen molar-refractivity contribution in [1.82, 2.24) is 39.5 Å². The summed E-state index contributed by atoms with van der Waals surface area (Å²) in [7, 11) is 5.18. The number of hydrogen-bond donors (Lipinski definition) is 4. The molecule has 0 aliphatic rings. The van der Waals surface area contributed by atoms with E-state index in [2.05, 4.69) is 46.5 Å². The third-order valence-corrected chi connectivity index (χ3v) is 7.07. The van der Waals surface area contributed by atoms with Crippen molar-refractivity contribution >= 4 is 47.4 Å². The molecular weight excluding hydrogens is 658 g/mol. The first-order valence-corrected chi connectivity index (χ1v) is 15.3. The highest BCUT2D eigenvalue weighted by Crippen LogP contribution is 2.25. The highest BCUT2D eigenvalue weighted by atomic mass is 35.5. The van der Waals surface area contributed by atoms with Crippen LogP contribution in [0.1, 0.15) is 45.2 Å². The molecule has 4 aromatic heterocycles. The van der Waals surface area contributed by atoms with Crippen molar-refractivity contribution in [2.24, 2.45) is 19.8 Å². The second-order valence-corrected chi connectivity index (χ2v) is 10.7. The van der Waals surface area contributed by atoms with Crippen LogP contribution < -0.4 is 16.4 Å². The number of aromatic nitrogens is 8. The lowest BCUT2D eigenvalue weighted by atomic mass is 10.0. The van der Waals surface area contributed by atoms with Crippen molar-refractivity contribution in [2.45, 2.75) is 27.2 Å². The number of hydrogen-bond acceptors (Lipinski definition) is 11. The topological polar surface area (TPSA) is 192 Å². The Bertz CT molecular complexity index is 2030. The Morgan fingerprint density at radius 1 is 0.700 bits per heavy atom. The molecule has 0 unspecified atom stereocenters. The van der Waals surface area contributed by atoms with E-state index in [4.69, 9.17) is 5.11 Å². The van der Waals surface area contributed by atoms with Gasteiger partial charge in [-0.2, -0.15) is 10.2 Å². The summed E-state index contributed by atoms with van der Waals surface area (Å²) < 4.78 is 3.39. The molecular formula is C35H40ClN11O3. The number of carbonyl (C=O) groups is 2. The highest BCUT2D eigenvalue weighted by molar-refractivity contribution is 5.96. The Balaban J connectivity index is 0.000000253. The average molecular weight is 698 g/mol. The summed E-state index contributed by atoms with van der Waals surface area (Å²) in [4.78, 5) is 40.4. The Kier molecular flexibility index (Phi) is 13.8. The lowest BCUT2D eigenvalue weighted by molar-refractivity contribution is 0.0696. The van der Waals surface area contributed by atoms with Gasteiger partial charge in [0.25, 0.3) is 0 Å². The molecule has 2 aromatic carbocycles. The molecule has 0 saturated carbocycles. The molecule has 6 aromatic rings. The van der Waals surface area contributed by atoms with Crippen LogP contribution in [0.5, 0.6) is 0 Å². The monoisotopic (exact) mass is 697 g/mol. The molecule has 0 saturated heterocycles. The Morgan fingerprint density at radius 2 is 1.10 bits per heavy atom. The number of nitrogens with two attached hydrogens (primary N) is 1. The summed E-state index contributed by atoms with van der Waals surface area (Å²) >= 11 is 0. The van der Waals surface area contributed by atoms with Gasteiger partial charge in [-0.15, -0.1) is 12.4 Å². The maximum absolute atomic E-state index is 11.7. The number of halogens is 1. The summed E-state index contributed by atoms with van der Waals surface area (Å²) in [5.41, 5.74) is 12.4. The minimum absolute atomic E-state index is 0. The van der Waals surface area contributed by atoms with Gasteiger partial charge in [0.1, 0.15) is 0 Å². The van der Waals surface area contributed by atoms with E-state index in [9.17, 15) is 9.59 Å². The molecule has 6 rings (SSSR count). The third-order valence-electron chi connectivity index (χ3n) is 7.07. The number of anilines is 4. The second-order valence-electron chi connectivity index (χ2n) is 10.7. The van der Waals surface area contributed by atoms with Crippen molar-refractivity contribution in [1.29, 1.82) is 0 Å². The first-order chi connectivity index (χ1) is 23.6. The van der Waals surface area contributed by atoms with Gasteiger partial charge in [0.05, 0.1) is 40.7 Å². The van der Waals surface area contributed by atoms with E-state index in [0.29, 0.717) is 18.3 Å². The third kappa shape index (κ3) is 10.0. The highest BCUT2D eigenvalue weighted by Gasteiger charge is 2.11. The second kappa shape index (κ2) is 18.0. The standard InChI is InChI=1S/C18H19N5O.C16H15N5O2.CH5N.ClH/c1-4-16(24)13-5-7-14(8-6-13)17-12(2)9-19-18(22-17)21-15-10-20-23(3)11-15;1-10-7-17-16(19-13-8-18-21(2)9-13)20-14(10)11-3-5-12(6-4-11)15(22)23;1-2;/h5-11H,4H2,1-3H3,(H,19,21,22);3-9H,1-2H3,(H,22,23)(H,17,19,20);2H2,1H3;1H. The summed E-state index contributed by atoms with van der Waals surface area (Å²) in [5.74, 6) is 0.160. The van der Waals surface area contributed by atoms with E-state index in [1.165, 1.54) is 7.05 Å². The number of aryl methyl sites for hydroxylation is 4. The Morgan fingerprint density at radius 3 is 1.44 bits per heavy atom. The average Bonchev–Trinajstić information content (AvgIpc) is 3.73. The lowest BCUT2D eigenvalue weighted by Gasteiger charge is -2.08. The van der Waals surface area contributed by atoms with E-state index in [1.54, 1.807) is 58.4 Å². The smallest absolute Gasteiger partial charge is 0.335 e. The molecule has 260 valence electrons. The van der Waals surface area contributed by atoms with E-state index < -0.39 is 5.97 Å². The molecule has 5 N–H and O–H groups in total. The molecule has 0 radical (unpaired) electrons. The minimum atomic E-state index is -0.949. The quantitative estimate of drug-likeness (QED) is 0.126. The van der Waals surface area contributed by atoms with Crippen LogP contribution >= 0.6 is 12.4 Å². The van der Waals surface area contributed by atoms with Crippen LogP contribution in [0.2, 0.25) is 0 Å². The van der Waals surface area contributed by atoms with Crippen LogP contribution in [0.4, 0.5) is 23.3 Å². The summed E-state index contributed by atoms with van der Waals surface area (Å²) in [5, 5.41) is 23.4. The van der Waals surface area contributed by atoms with Gasteiger partial charge < -0.3 is 21.5 Å². The predicted octanol–water partition coefficient (Wildman–Crippen LogP) is 6.15. The number of aromatic carboxylic acids is 1. The molecule has 15 heteroatoms. The zero-order chi connectivity index (χ0) is 35.5. The van der Waals surface area contributed by atoms with Gasteiger partial charge in [0.15, 0.2) is 5.78 Å². The van der Waals surface area contributed by atoms with Crippen molar-refractivity contribution in [3.8, 4) is 22.5 Å². The molecule has 0 spiro atoms. The molecule has 0 aliphatic heterocycles. The van der Waals surface area contributed by atoms with Gasteiger partial charge in [-0.1, -0.05) is 43.3 Å². The molecule has 0 amide bonds. The fraction of sp³-hybridized carbons (Fsp3) is 0.200.